The van der Waals surface area contributed by atoms with E-state index in [9.17, 15) is 0 Å². The van der Waals surface area contributed by atoms with E-state index in [2.05, 4.69) is 41.0 Å². The number of ether oxygens (including phenoxy) is 1. The van der Waals surface area contributed by atoms with E-state index in [1.165, 1.54) is 5.56 Å². The van der Waals surface area contributed by atoms with Gasteiger partial charge in [-0.25, -0.2) is 9.97 Å². The van der Waals surface area contributed by atoms with Gasteiger partial charge in [-0.1, -0.05) is 0 Å². The summed E-state index contributed by atoms with van der Waals surface area (Å²) in [6.07, 6.45) is 0. The fourth-order valence-electron chi connectivity index (χ4n) is 2.31. The summed E-state index contributed by atoms with van der Waals surface area (Å²) in [7, 11) is 0. The summed E-state index contributed by atoms with van der Waals surface area (Å²) in [5.74, 6) is 1.78. The number of rotatable bonds is 7. The Morgan fingerprint density at radius 3 is 2.71 bits per heavy atom. The van der Waals surface area contributed by atoms with E-state index in [1.807, 2.05) is 6.92 Å². The Morgan fingerprint density at radius 2 is 2.05 bits per heavy atom. The lowest BCUT2D eigenvalue weighted by atomic mass is 10.2. The lowest BCUT2D eigenvalue weighted by Crippen LogP contribution is -2.35. The van der Waals surface area contributed by atoms with Gasteiger partial charge in [-0.15, -0.1) is 11.3 Å². The third-order valence-corrected chi connectivity index (χ3v) is 4.31. The maximum atomic E-state index is 8.79. The molecule has 0 aliphatic carbocycles. The minimum absolute atomic E-state index is 0.0577. The quantitative estimate of drug-likeness (QED) is 0.797. The molecule has 0 saturated heterocycles. The van der Waals surface area contributed by atoms with Gasteiger partial charge in [-0.05, 0) is 38.6 Å². The van der Waals surface area contributed by atoms with Gasteiger partial charge < -0.3 is 14.7 Å². The maximum absolute atomic E-state index is 8.79. The molecule has 0 aliphatic heterocycles. The molecule has 0 unspecified atom stereocenters. The van der Waals surface area contributed by atoms with Gasteiger partial charge in [0.05, 0.1) is 25.2 Å². The molecule has 0 spiro atoms. The van der Waals surface area contributed by atoms with Gasteiger partial charge in [0, 0.05) is 12.6 Å². The molecule has 2 aromatic rings. The molecule has 21 heavy (non-hydrogen) atoms. The second-order valence-electron chi connectivity index (χ2n) is 5.32. The van der Waals surface area contributed by atoms with E-state index in [4.69, 9.17) is 9.84 Å². The van der Waals surface area contributed by atoms with E-state index < -0.39 is 0 Å². The van der Waals surface area contributed by atoms with Crippen LogP contribution in [0.1, 0.15) is 25.2 Å². The van der Waals surface area contributed by atoms with E-state index >= 15 is 0 Å². The van der Waals surface area contributed by atoms with Crippen LogP contribution in [0.2, 0.25) is 0 Å². The van der Waals surface area contributed by atoms with Crippen molar-refractivity contribution in [3.8, 4) is 0 Å². The highest BCUT2D eigenvalue weighted by Crippen LogP contribution is 2.32. The Balaban J connectivity index is 2.33. The number of aryl methyl sites for hydroxylation is 2. The zero-order valence-electron chi connectivity index (χ0n) is 13.1. The lowest BCUT2D eigenvalue weighted by Gasteiger charge is -2.28. The highest BCUT2D eigenvalue weighted by atomic mass is 32.1. The van der Waals surface area contributed by atoms with Crippen LogP contribution >= 0.6 is 11.3 Å². The molecule has 116 valence electrons. The van der Waals surface area contributed by atoms with Gasteiger partial charge in [-0.3, -0.25) is 0 Å². The number of anilines is 1. The average molecular weight is 309 g/mol. The molecular formula is C15H23N3O2S. The summed E-state index contributed by atoms with van der Waals surface area (Å²) in [5, 5.41) is 12.1. The molecule has 6 heteroatoms. The van der Waals surface area contributed by atoms with E-state index in [0.717, 1.165) is 28.4 Å². The summed E-state index contributed by atoms with van der Waals surface area (Å²) in [5.41, 5.74) is 1.21. The molecule has 0 aromatic carbocycles. The average Bonchev–Trinajstić information content (AvgIpc) is 2.79. The van der Waals surface area contributed by atoms with Crippen molar-refractivity contribution in [3.63, 3.8) is 0 Å². The zero-order valence-corrected chi connectivity index (χ0v) is 13.9. The van der Waals surface area contributed by atoms with Crippen molar-refractivity contribution in [2.24, 2.45) is 0 Å². The number of hydrogen-bond acceptors (Lipinski definition) is 6. The van der Waals surface area contributed by atoms with E-state index in [1.54, 1.807) is 11.3 Å². The Kier molecular flexibility index (Phi) is 5.50. The van der Waals surface area contributed by atoms with Crippen molar-refractivity contribution in [3.05, 3.63) is 16.8 Å². The summed E-state index contributed by atoms with van der Waals surface area (Å²) in [6, 6.07) is 0.319. The zero-order chi connectivity index (χ0) is 15.4. The normalized spacial score (nSPS) is 11.5. The van der Waals surface area contributed by atoms with Gasteiger partial charge in [0.25, 0.3) is 0 Å². The summed E-state index contributed by atoms with van der Waals surface area (Å²) >= 11 is 1.66. The Hall–Kier alpha value is -1.24. The number of nitrogens with zero attached hydrogens (tertiary/aromatic N) is 3. The second-order valence-corrected chi connectivity index (χ2v) is 6.17. The van der Waals surface area contributed by atoms with Crippen LogP contribution in [0.4, 0.5) is 5.82 Å². The first kappa shape index (κ1) is 16.1. The highest BCUT2D eigenvalue weighted by Gasteiger charge is 2.18. The first-order chi connectivity index (χ1) is 10.0. The van der Waals surface area contributed by atoms with Crippen molar-refractivity contribution in [2.75, 3.05) is 31.3 Å². The van der Waals surface area contributed by atoms with Crippen molar-refractivity contribution < 1.29 is 9.84 Å². The van der Waals surface area contributed by atoms with E-state index in [-0.39, 0.29) is 6.61 Å². The lowest BCUT2D eigenvalue weighted by molar-refractivity contribution is 0.0961. The number of thiophene rings is 1. The monoisotopic (exact) mass is 309 g/mol. The molecule has 2 aromatic heterocycles. The molecule has 1 N–H and O–H groups in total. The van der Waals surface area contributed by atoms with E-state index in [0.29, 0.717) is 19.3 Å². The predicted octanol–water partition coefficient (Wildman–Crippen LogP) is 2.53. The fraction of sp³-hybridized carbons (Fsp3) is 0.600. The van der Waals surface area contributed by atoms with Gasteiger partial charge >= 0.3 is 0 Å². The summed E-state index contributed by atoms with van der Waals surface area (Å²) < 4.78 is 5.41. The number of hydrogen-bond donors (Lipinski definition) is 1. The van der Waals surface area contributed by atoms with Crippen LogP contribution in [0.15, 0.2) is 5.38 Å². The van der Waals surface area contributed by atoms with Gasteiger partial charge in [0.2, 0.25) is 0 Å². The third-order valence-electron chi connectivity index (χ3n) is 3.32. The minimum atomic E-state index is 0.0577. The number of aliphatic hydroxyl groups excluding tert-OH is 1. The number of aromatic nitrogens is 2. The molecule has 0 amide bonds. The molecular weight excluding hydrogens is 286 g/mol. The SMILES string of the molecule is Cc1nc(N(CCOCCO)C(C)C)c2c(C)csc2n1. The maximum Gasteiger partial charge on any atom is 0.141 e. The summed E-state index contributed by atoms with van der Waals surface area (Å²) in [4.78, 5) is 12.5. The van der Waals surface area contributed by atoms with Crippen molar-refractivity contribution >= 4 is 27.4 Å². The largest absolute Gasteiger partial charge is 0.394 e. The van der Waals surface area contributed by atoms with Crippen LogP contribution in [-0.4, -0.2) is 47.5 Å². The summed E-state index contributed by atoms with van der Waals surface area (Å²) in [6.45, 7) is 10.1. The van der Waals surface area contributed by atoms with Gasteiger partial charge in [0.1, 0.15) is 16.5 Å². The van der Waals surface area contributed by atoms with Crippen LogP contribution in [0, 0.1) is 13.8 Å². The minimum Gasteiger partial charge on any atom is -0.394 e. The predicted molar refractivity (Wildman–Crippen MR) is 87.3 cm³/mol. The Bertz CT molecular complexity index is 598. The Labute approximate surface area is 129 Å². The number of fused-ring (bicyclic) bond motifs is 1. The van der Waals surface area contributed by atoms with Crippen molar-refractivity contribution in [1.29, 1.82) is 0 Å². The van der Waals surface area contributed by atoms with Gasteiger partial charge in [-0.2, -0.15) is 0 Å². The second kappa shape index (κ2) is 7.15. The molecule has 2 rings (SSSR count). The first-order valence-corrected chi connectivity index (χ1v) is 8.10. The van der Waals surface area contributed by atoms with Crippen LogP contribution in [0.5, 0.6) is 0 Å². The van der Waals surface area contributed by atoms with Crippen LogP contribution in [0.3, 0.4) is 0 Å². The first-order valence-electron chi connectivity index (χ1n) is 7.22. The third kappa shape index (κ3) is 3.70. The standard InChI is InChI=1S/C15H23N3O2S/c1-10(2)18(5-7-20-8-6-19)14-13-11(3)9-21-15(13)17-12(4)16-14/h9-10,19H,5-8H2,1-4H3. The molecule has 0 bridgehead atoms. The topological polar surface area (TPSA) is 58.5 Å². The molecule has 0 aliphatic rings. The van der Waals surface area contributed by atoms with Crippen LogP contribution in [0.25, 0.3) is 10.2 Å². The smallest absolute Gasteiger partial charge is 0.141 e. The number of aliphatic hydroxyl groups is 1. The van der Waals surface area contributed by atoms with Gasteiger partial charge in [0.15, 0.2) is 0 Å². The molecule has 0 saturated carbocycles. The Morgan fingerprint density at radius 1 is 1.29 bits per heavy atom. The van der Waals surface area contributed by atoms with Crippen LogP contribution in [-0.2, 0) is 4.74 Å². The molecule has 5 nitrogen and oxygen atoms in total. The van der Waals surface area contributed by atoms with Crippen molar-refractivity contribution in [2.45, 2.75) is 33.7 Å². The van der Waals surface area contributed by atoms with Crippen molar-refractivity contribution in [1.82, 2.24) is 9.97 Å². The molecule has 0 atom stereocenters. The molecule has 2 heterocycles. The van der Waals surface area contributed by atoms with Crippen LogP contribution < -0.4 is 4.90 Å². The molecule has 0 radical (unpaired) electrons. The molecule has 0 fully saturated rings. The highest BCUT2D eigenvalue weighted by molar-refractivity contribution is 7.17. The fourth-order valence-corrected chi connectivity index (χ4v) is 3.27.